The topological polar surface area (TPSA) is 42.7 Å². The van der Waals surface area contributed by atoms with Crippen molar-refractivity contribution in [1.82, 2.24) is 14.8 Å². The second kappa shape index (κ2) is 6.64. The predicted octanol–water partition coefficient (Wildman–Crippen LogP) is 5.06. The van der Waals surface area contributed by atoms with Gasteiger partial charge in [-0.05, 0) is 72.3 Å². The number of rotatable bonds is 2. The van der Waals surface area contributed by atoms with E-state index in [0.29, 0.717) is 0 Å². The Labute approximate surface area is 156 Å². The Balaban J connectivity index is 1.95. The molecule has 0 unspecified atom stereocenters. The minimum absolute atomic E-state index is 0.974. The van der Waals surface area contributed by atoms with Crippen LogP contribution in [0.25, 0.3) is 16.9 Å². The van der Waals surface area contributed by atoms with Gasteiger partial charge >= 0.3 is 0 Å². The highest BCUT2D eigenvalue weighted by molar-refractivity contribution is 9.10. The van der Waals surface area contributed by atoms with Gasteiger partial charge in [0.05, 0.1) is 11.4 Å². The van der Waals surface area contributed by atoms with Crippen LogP contribution in [-0.2, 0) is 6.42 Å². The number of fused-ring (bicyclic) bond motifs is 1. The molecule has 1 aromatic carbocycles. The molecule has 0 bridgehead atoms. The molecule has 3 aromatic rings. The SMILES string of the molecule is Cc1cccc(-n2nc(-c3cncc(Br)c3)c3c2NCCCC3)c1C. The van der Waals surface area contributed by atoms with Crippen LogP contribution >= 0.6 is 15.9 Å². The molecule has 3 heterocycles. The Bertz CT molecular complexity index is 929. The van der Waals surface area contributed by atoms with Gasteiger partial charge in [-0.15, -0.1) is 0 Å². The molecule has 0 spiro atoms. The summed E-state index contributed by atoms with van der Waals surface area (Å²) in [5.74, 6) is 1.13. The first-order chi connectivity index (χ1) is 12.1. The summed E-state index contributed by atoms with van der Waals surface area (Å²) >= 11 is 3.53. The lowest BCUT2D eigenvalue weighted by molar-refractivity contribution is 0.779. The molecule has 0 aliphatic carbocycles. The fourth-order valence-electron chi connectivity index (χ4n) is 3.42. The van der Waals surface area contributed by atoms with Gasteiger partial charge in [0, 0.05) is 34.5 Å². The number of pyridine rings is 1. The standard InChI is InChI=1S/C20H21BrN4/c1-13-6-5-8-18(14(13)2)25-20-17(7-3-4-9-23-20)19(24-25)15-10-16(21)12-22-11-15/h5-6,8,10-12,23H,3-4,7,9H2,1-2H3. The number of nitrogens with zero attached hydrogens (tertiary/aromatic N) is 3. The van der Waals surface area contributed by atoms with Crippen molar-refractivity contribution in [3.63, 3.8) is 0 Å². The molecule has 0 amide bonds. The second-order valence-electron chi connectivity index (χ2n) is 6.58. The van der Waals surface area contributed by atoms with E-state index in [4.69, 9.17) is 5.10 Å². The third kappa shape index (κ3) is 2.97. The average Bonchev–Trinajstić information content (AvgIpc) is 2.79. The minimum atomic E-state index is 0.974. The third-order valence-corrected chi connectivity index (χ3v) is 5.35. The van der Waals surface area contributed by atoms with E-state index >= 15 is 0 Å². The Kier molecular flexibility index (Phi) is 4.34. The van der Waals surface area contributed by atoms with Crippen LogP contribution in [0.5, 0.6) is 0 Å². The number of halogens is 1. The molecule has 0 radical (unpaired) electrons. The van der Waals surface area contributed by atoms with E-state index in [9.17, 15) is 0 Å². The van der Waals surface area contributed by atoms with Crippen molar-refractivity contribution < 1.29 is 0 Å². The largest absolute Gasteiger partial charge is 0.370 e. The van der Waals surface area contributed by atoms with E-state index in [0.717, 1.165) is 40.2 Å². The van der Waals surface area contributed by atoms with Crippen molar-refractivity contribution in [2.75, 3.05) is 11.9 Å². The first-order valence-electron chi connectivity index (χ1n) is 8.68. The predicted molar refractivity (Wildman–Crippen MR) is 105 cm³/mol. The van der Waals surface area contributed by atoms with Gasteiger partial charge < -0.3 is 5.32 Å². The molecule has 1 N–H and O–H groups in total. The number of nitrogens with one attached hydrogen (secondary N) is 1. The van der Waals surface area contributed by atoms with Gasteiger partial charge in [-0.25, -0.2) is 4.68 Å². The second-order valence-corrected chi connectivity index (χ2v) is 7.50. The summed E-state index contributed by atoms with van der Waals surface area (Å²) in [4.78, 5) is 4.33. The zero-order valence-corrected chi connectivity index (χ0v) is 16.1. The van der Waals surface area contributed by atoms with Crippen LogP contribution in [0.1, 0.15) is 29.5 Å². The van der Waals surface area contributed by atoms with Crippen LogP contribution in [-0.4, -0.2) is 21.3 Å². The summed E-state index contributed by atoms with van der Waals surface area (Å²) in [6.45, 7) is 5.29. The Hall–Kier alpha value is -2.14. The maximum atomic E-state index is 5.01. The molecule has 2 aromatic heterocycles. The lowest BCUT2D eigenvalue weighted by atomic mass is 10.0. The van der Waals surface area contributed by atoms with Crippen molar-refractivity contribution in [2.45, 2.75) is 33.1 Å². The Morgan fingerprint density at radius 2 is 2.04 bits per heavy atom. The third-order valence-electron chi connectivity index (χ3n) is 4.91. The summed E-state index contributed by atoms with van der Waals surface area (Å²) in [6, 6.07) is 8.48. The quantitative estimate of drug-likeness (QED) is 0.657. The van der Waals surface area contributed by atoms with Gasteiger partial charge in [0.25, 0.3) is 0 Å². The summed E-state index contributed by atoms with van der Waals surface area (Å²) in [5.41, 5.74) is 7.05. The van der Waals surface area contributed by atoms with Crippen LogP contribution in [0.15, 0.2) is 41.1 Å². The molecule has 0 saturated carbocycles. The van der Waals surface area contributed by atoms with E-state index in [2.05, 4.69) is 69.0 Å². The molecule has 0 fully saturated rings. The molecule has 1 aliphatic heterocycles. The van der Waals surface area contributed by atoms with Crippen molar-refractivity contribution in [3.8, 4) is 16.9 Å². The first-order valence-corrected chi connectivity index (χ1v) is 9.48. The van der Waals surface area contributed by atoms with E-state index < -0.39 is 0 Å². The summed E-state index contributed by atoms with van der Waals surface area (Å²) in [5, 5.41) is 8.62. The van der Waals surface area contributed by atoms with Crippen LogP contribution in [0.3, 0.4) is 0 Å². The maximum Gasteiger partial charge on any atom is 0.133 e. The van der Waals surface area contributed by atoms with Crippen LogP contribution < -0.4 is 5.32 Å². The van der Waals surface area contributed by atoms with Gasteiger partial charge in [-0.2, -0.15) is 5.10 Å². The highest BCUT2D eigenvalue weighted by atomic mass is 79.9. The number of aromatic nitrogens is 3. The lowest BCUT2D eigenvalue weighted by Crippen LogP contribution is -2.08. The zero-order chi connectivity index (χ0) is 17.4. The number of hydrogen-bond donors (Lipinski definition) is 1. The Morgan fingerprint density at radius 3 is 2.88 bits per heavy atom. The van der Waals surface area contributed by atoms with Crippen LogP contribution in [0.4, 0.5) is 5.82 Å². The molecule has 25 heavy (non-hydrogen) atoms. The molecule has 4 rings (SSSR count). The number of aryl methyl sites for hydroxylation is 1. The minimum Gasteiger partial charge on any atom is -0.370 e. The number of hydrogen-bond acceptors (Lipinski definition) is 3. The van der Waals surface area contributed by atoms with Gasteiger partial charge in [-0.3, -0.25) is 4.98 Å². The van der Waals surface area contributed by atoms with E-state index in [1.165, 1.54) is 29.5 Å². The number of benzene rings is 1. The fourth-order valence-corrected chi connectivity index (χ4v) is 3.78. The summed E-state index contributed by atoms with van der Waals surface area (Å²) < 4.78 is 3.06. The number of anilines is 1. The molecule has 0 saturated heterocycles. The average molecular weight is 397 g/mol. The lowest BCUT2D eigenvalue weighted by Gasteiger charge is -2.13. The molecule has 1 aliphatic rings. The van der Waals surface area contributed by atoms with Gasteiger partial charge in [-0.1, -0.05) is 12.1 Å². The summed E-state index contributed by atoms with van der Waals surface area (Å²) in [7, 11) is 0. The normalized spacial score (nSPS) is 13.9. The molecule has 5 heteroatoms. The zero-order valence-electron chi connectivity index (χ0n) is 14.5. The smallest absolute Gasteiger partial charge is 0.133 e. The highest BCUT2D eigenvalue weighted by Crippen LogP contribution is 2.35. The van der Waals surface area contributed by atoms with Crippen molar-refractivity contribution >= 4 is 21.7 Å². The molecule has 0 atom stereocenters. The van der Waals surface area contributed by atoms with E-state index in [-0.39, 0.29) is 0 Å². The van der Waals surface area contributed by atoms with Gasteiger partial charge in [0.2, 0.25) is 0 Å². The molecular weight excluding hydrogens is 376 g/mol. The maximum absolute atomic E-state index is 5.01. The van der Waals surface area contributed by atoms with Gasteiger partial charge in [0.15, 0.2) is 0 Å². The van der Waals surface area contributed by atoms with E-state index in [1.807, 2.05) is 12.4 Å². The van der Waals surface area contributed by atoms with Crippen LogP contribution in [0.2, 0.25) is 0 Å². The summed E-state index contributed by atoms with van der Waals surface area (Å²) in [6.07, 6.45) is 7.09. The van der Waals surface area contributed by atoms with Crippen molar-refractivity contribution in [3.05, 3.63) is 57.8 Å². The first kappa shape index (κ1) is 16.3. The van der Waals surface area contributed by atoms with Crippen LogP contribution in [0, 0.1) is 13.8 Å². The van der Waals surface area contributed by atoms with Gasteiger partial charge in [0.1, 0.15) is 5.82 Å². The molecule has 4 nitrogen and oxygen atoms in total. The fraction of sp³-hybridized carbons (Fsp3) is 0.300. The Morgan fingerprint density at radius 1 is 1.16 bits per heavy atom. The molecular formula is C20H21BrN4. The highest BCUT2D eigenvalue weighted by Gasteiger charge is 2.22. The van der Waals surface area contributed by atoms with E-state index in [1.54, 1.807) is 0 Å². The van der Waals surface area contributed by atoms with Crippen molar-refractivity contribution in [1.29, 1.82) is 0 Å². The monoisotopic (exact) mass is 396 g/mol. The molecule has 128 valence electrons. The van der Waals surface area contributed by atoms with Crippen molar-refractivity contribution in [2.24, 2.45) is 0 Å².